The molecular weight excluding hydrogens is 305 g/mol. The quantitative estimate of drug-likeness (QED) is 0.693. The molecule has 1 heterocycles. The van der Waals surface area contributed by atoms with E-state index >= 15 is 0 Å². The van der Waals surface area contributed by atoms with Crippen LogP contribution in [0.2, 0.25) is 0 Å². The van der Waals surface area contributed by atoms with Gasteiger partial charge >= 0.3 is 11.9 Å². The number of hydrogen-bond acceptors (Lipinski definition) is 4. The van der Waals surface area contributed by atoms with Crippen molar-refractivity contribution in [2.75, 3.05) is 5.32 Å². The standard InChI is InChI=1S/C12H9F3N4O3/c13-12(14,15)9-3-1-2-4-10(9)17-11(20)7-18-6-8(5-16-18)19(21)22/h1-6H,7H2,(H,17,20). The number of carbonyl (C=O) groups excluding carboxylic acids is 1. The number of alkyl halides is 3. The normalized spacial score (nSPS) is 11.2. The van der Waals surface area contributed by atoms with Crippen molar-refractivity contribution in [3.05, 3.63) is 52.3 Å². The van der Waals surface area contributed by atoms with Crippen LogP contribution in [-0.4, -0.2) is 20.6 Å². The smallest absolute Gasteiger partial charge is 0.324 e. The number of amides is 1. The first-order chi connectivity index (χ1) is 10.3. The second kappa shape index (κ2) is 5.84. The van der Waals surface area contributed by atoms with Gasteiger partial charge in [-0.05, 0) is 12.1 Å². The Bertz CT molecular complexity index is 712. The van der Waals surface area contributed by atoms with Gasteiger partial charge < -0.3 is 5.32 Å². The van der Waals surface area contributed by atoms with Crippen LogP contribution in [0.15, 0.2) is 36.7 Å². The van der Waals surface area contributed by atoms with E-state index in [-0.39, 0.29) is 11.4 Å². The highest BCUT2D eigenvalue weighted by atomic mass is 19.4. The molecule has 0 radical (unpaired) electrons. The number of halogens is 3. The molecule has 116 valence electrons. The number of para-hydroxylation sites is 1. The summed E-state index contributed by atoms with van der Waals surface area (Å²) in [6.07, 6.45) is -2.65. The van der Waals surface area contributed by atoms with Gasteiger partial charge in [0.15, 0.2) is 0 Å². The van der Waals surface area contributed by atoms with Gasteiger partial charge in [0.1, 0.15) is 18.9 Å². The van der Waals surface area contributed by atoms with Gasteiger partial charge in [0.25, 0.3) is 0 Å². The summed E-state index contributed by atoms with van der Waals surface area (Å²) < 4.78 is 39.3. The molecule has 2 rings (SSSR count). The lowest BCUT2D eigenvalue weighted by molar-refractivity contribution is -0.385. The average molecular weight is 314 g/mol. The summed E-state index contributed by atoms with van der Waals surface area (Å²) in [4.78, 5) is 21.5. The van der Waals surface area contributed by atoms with Crippen LogP contribution >= 0.6 is 0 Å². The number of hydrogen-bond donors (Lipinski definition) is 1. The van der Waals surface area contributed by atoms with Gasteiger partial charge in [-0.1, -0.05) is 12.1 Å². The molecule has 0 aliphatic heterocycles. The number of nitrogens with one attached hydrogen (secondary N) is 1. The highest BCUT2D eigenvalue weighted by molar-refractivity contribution is 5.91. The third-order valence-electron chi connectivity index (χ3n) is 2.64. The summed E-state index contributed by atoms with van der Waals surface area (Å²) in [6.45, 7) is -0.444. The lowest BCUT2D eigenvalue weighted by atomic mass is 10.1. The molecule has 22 heavy (non-hydrogen) atoms. The molecule has 0 spiro atoms. The number of nitro groups is 1. The first-order valence-corrected chi connectivity index (χ1v) is 5.90. The van der Waals surface area contributed by atoms with Crippen LogP contribution in [-0.2, 0) is 17.5 Å². The van der Waals surface area contributed by atoms with Crippen LogP contribution in [0.1, 0.15) is 5.56 Å². The van der Waals surface area contributed by atoms with Crippen LogP contribution in [0.25, 0.3) is 0 Å². The Hall–Kier alpha value is -2.91. The van der Waals surface area contributed by atoms with Gasteiger partial charge in [-0.25, -0.2) is 0 Å². The summed E-state index contributed by atoms with van der Waals surface area (Å²) >= 11 is 0. The third kappa shape index (κ3) is 3.59. The zero-order valence-electron chi connectivity index (χ0n) is 10.9. The topological polar surface area (TPSA) is 90.1 Å². The number of nitrogens with zero attached hydrogens (tertiary/aromatic N) is 3. The van der Waals surface area contributed by atoms with Crippen molar-refractivity contribution in [1.82, 2.24) is 9.78 Å². The summed E-state index contributed by atoms with van der Waals surface area (Å²) in [6, 6.07) is 4.51. The fourth-order valence-electron chi connectivity index (χ4n) is 1.71. The zero-order chi connectivity index (χ0) is 16.3. The van der Waals surface area contributed by atoms with Crippen LogP contribution in [0.3, 0.4) is 0 Å². The van der Waals surface area contributed by atoms with Crippen LogP contribution in [0.5, 0.6) is 0 Å². The average Bonchev–Trinajstić information content (AvgIpc) is 2.86. The monoisotopic (exact) mass is 314 g/mol. The Kier molecular flexibility index (Phi) is 4.11. The Labute approximate surface area is 121 Å². The summed E-state index contributed by atoms with van der Waals surface area (Å²) in [7, 11) is 0. The van der Waals surface area contributed by atoms with Gasteiger partial charge in [0, 0.05) is 0 Å². The largest absolute Gasteiger partial charge is 0.418 e. The van der Waals surface area contributed by atoms with E-state index in [2.05, 4.69) is 10.4 Å². The van der Waals surface area contributed by atoms with Crippen molar-refractivity contribution < 1.29 is 22.9 Å². The molecule has 2 aromatic rings. The molecule has 0 aliphatic rings. The summed E-state index contributed by atoms with van der Waals surface area (Å²) in [5.41, 5.74) is -1.68. The van der Waals surface area contributed by atoms with E-state index in [1.54, 1.807) is 0 Å². The SMILES string of the molecule is O=C(Cn1cc([N+](=O)[O-])cn1)Nc1ccccc1C(F)(F)F. The second-order valence-electron chi connectivity index (χ2n) is 4.24. The van der Waals surface area contributed by atoms with Crippen molar-refractivity contribution >= 4 is 17.3 Å². The molecule has 0 aliphatic carbocycles. The van der Waals surface area contributed by atoms with Crippen LogP contribution in [0, 0.1) is 10.1 Å². The number of aromatic nitrogens is 2. The van der Waals surface area contributed by atoms with Gasteiger partial charge in [-0.15, -0.1) is 0 Å². The van der Waals surface area contributed by atoms with Crippen molar-refractivity contribution in [3.8, 4) is 0 Å². The molecule has 0 bridgehead atoms. The van der Waals surface area contributed by atoms with E-state index < -0.39 is 29.1 Å². The van der Waals surface area contributed by atoms with Crippen molar-refractivity contribution in [2.24, 2.45) is 0 Å². The van der Waals surface area contributed by atoms with E-state index in [0.29, 0.717) is 0 Å². The first kappa shape index (κ1) is 15.5. The van der Waals surface area contributed by atoms with Gasteiger partial charge in [0.2, 0.25) is 5.91 Å². The molecular formula is C12H9F3N4O3. The molecule has 1 aromatic carbocycles. The molecule has 1 N–H and O–H groups in total. The molecule has 10 heteroatoms. The number of rotatable bonds is 4. The van der Waals surface area contributed by atoms with E-state index in [1.807, 2.05) is 0 Å². The number of carbonyl (C=O) groups is 1. The fraction of sp³-hybridized carbons (Fsp3) is 0.167. The van der Waals surface area contributed by atoms with E-state index in [0.717, 1.165) is 29.2 Å². The number of benzene rings is 1. The molecule has 0 saturated heterocycles. The first-order valence-electron chi connectivity index (χ1n) is 5.90. The second-order valence-corrected chi connectivity index (χ2v) is 4.24. The Morgan fingerprint density at radius 1 is 1.36 bits per heavy atom. The molecule has 1 aromatic heterocycles. The summed E-state index contributed by atoms with van der Waals surface area (Å²) in [5.74, 6) is -0.783. The molecule has 7 nitrogen and oxygen atoms in total. The van der Waals surface area contributed by atoms with E-state index in [9.17, 15) is 28.1 Å². The zero-order valence-corrected chi connectivity index (χ0v) is 10.9. The molecule has 0 saturated carbocycles. The molecule has 0 atom stereocenters. The van der Waals surface area contributed by atoms with Gasteiger partial charge in [0.05, 0.1) is 16.2 Å². The predicted octanol–water partition coefficient (Wildman–Crippen LogP) is 2.45. The van der Waals surface area contributed by atoms with Crippen molar-refractivity contribution in [1.29, 1.82) is 0 Å². The Morgan fingerprint density at radius 2 is 2.05 bits per heavy atom. The van der Waals surface area contributed by atoms with Crippen LogP contribution in [0.4, 0.5) is 24.5 Å². The Morgan fingerprint density at radius 3 is 2.64 bits per heavy atom. The molecule has 0 unspecified atom stereocenters. The van der Waals surface area contributed by atoms with Crippen molar-refractivity contribution in [3.63, 3.8) is 0 Å². The van der Waals surface area contributed by atoms with Crippen LogP contribution < -0.4 is 5.32 Å². The third-order valence-corrected chi connectivity index (χ3v) is 2.64. The lowest BCUT2D eigenvalue weighted by Gasteiger charge is -2.13. The van der Waals surface area contributed by atoms with E-state index in [1.165, 1.54) is 12.1 Å². The minimum absolute atomic E-state index is 0.316. The maximum Gasteiger partial charge on any atom is 0.418 e. The molecule has 0 fully saturated rings. The number of anilines is 1. The highest BCUT2D eigenvalue weighted by Crippen LogP contribution is 2.34. The predicted molar refractivity (Wildman–Crippen MR) is 69.0 cm³/mol. The summed E-state index contributed by atoms with van der Waals surface area (Å²) in [5, 5.41) is 16.2. The van der Waals surface area contributed by atoms with Crippen molar-refractivity contribution in [2.45, 2.75) is 12.7 Å². The maximum absolute atomic E-state index is 12.8. The maximum atomic E-state index is 12.8. The highest BCUT2D eigenvalue weighted by Gasteiger charge is 2.33. The Balaban J connectivity index is 2.11. The molecule has 1 amide bonds. The minimum Gasteiger partial charge on any atom is -0.324 e. The van der Waals surface area contributed by atoms with Gasteiger partial charge in [-0.3, -0.25) is 19.6 Å². The van der Waals surface area contributed by atoms with E-state index in [4.69, 9.17) is 0 Å². The fourth-order valence-corrected chi connectivity index (χ4v) is 1.71. The minimum atomic E-state index is -4.60. The van der Waals surface area contributed by atoms with Gasteiger partial charge in [-0.2, -0.15) is 18.3 Å². The lowest BCUT2D eigenvalue weighted by Crippen LogP contribution is -2.21.